The van der Waals surface area contributed by atoms with Crippen LogP contribution in [-0.4, -0.2) is 26.2 Å². The van der Waals surface area contributed by atoms with Gasteiger partial charge in [0.15, 0.2) is 5.41 Å². The lowest BCUT2D eigenvalue weighted by Gasteiger charge is -2.28. The van der Waals surface area contributed by atoms with Crippen molar-refractivity contribution >= 4 is 11.9 Å². The minimum atomic E-state index is -1.13. The Morgan fingerprint density at radius 3 is 2.58 bits per heavy atom. The molecular formula is C22H30O4. The molecule has 0 aromatic rings. The Kier molecular flexibility index (Phi) is 5.46. The zero-order valence-corrected chi connectivity index (χ0v) is 16.2. The van der Waals surface area contributed by atoms with E-state index in [2.05, 4.69) is 24.8 Å². The Morgan fingerprint density at radius 2 is 1.92 bits per heavy atom. The van der Waals surface area contributed by atoms with Crippen molar-refractivity contribution in [1.82, 2.24) is 0 Å². The number of esters is 2. The number of fused-ring (bicyclic) bond motifs is 1. The number of unbranched alkanes of at least 4 members (excludes halogenated alkanes) is 3. The van der Waals surface area contributed by atoms with Gasteiger partial charge in [0, 0.05) is 12.3 Å². The van der Waals surface area contributed by atoms with Gasteiger partial charge in [-0.05, 0) is 49.9 Å². The van der Waals surface area contributed by atoms with E-state index in [-0.39, 0.29) is 11.3 Å². The molecule has 0 aromatic heterocycles. The minimum Gasteiger partial charge on any atom is -0.468 e. The van der Waals surface area contributed by atoms with Crippen LogP contribution < -0.4 is 0 Å². The highest BCUT2D eigenvalue weighted by Crippen LogP contribution is 2.74. The topological polar surface area (TPSA) is 52.6 Å². The molecule has 4 nitrogen and oxygen atoms in total. The fraction of sp³-hybridized carbons (Fsp3) is 0.727. The molecule has 0 spiro atoms. The maximum absolute atomic E-state index is 12.4. The van der Waals surface area contributed by atoms with Gasteiger partial charge < -0.3 is 9.47 Å². The average molecular weight is 358 g/mol. The van der Waals surface area contributed by atoms with Crippen LogP contribution in [0.4, 0.5) is 0 Å². The first-order valence-corrected chi connectivity index (χ1v) is 9.90. The highest BCUT2D eigenvalue weighted by Gasteiger charge is 2.72. The van der Waals surface area contributed by atoms with Crippen LogP contribution in [0, 0.1) is 34.5 Å². The number of rotatable bonds is 6. The van der Waals surface area contributed by atoms with Crippen molar-refractivity contribution in [1.29, 1.82) is 0 Å². The second-order valence-electron chi connectivity index (χ2n) is 8.07. The summed E-state index contributed by atoms with van der Waals surface area (Å²) in [5, 5.41) is 0. The predicted molar refractivity (Wildman–Crippen MR) is 99.0 cm³/mol. The van der Waals surface area contributed by atoms with Crippen LogP contribution in [0.25, 0.3) is 0 Å². The van der Waals surface area contributed by atoms with Gasteiger partial charge >= 0.3 is 11.9 Å². The first-order chi connectivity index (χ1) is 12.5. The molecule has 26 heavy (non-hydrogen) atoms. The summed E-state index contributed by atoms with van der Waals surface area (Å²) in [6.07, 6.45) is 11.1. The first kappa shape index (κ1) is 19.0. The van der Waals surface area contributed by atoms with Crippen LogP contribution in [0.15, 0.2) is 11.6 Å². The molecule has 3 aliphatic rings. The van der Waals surface area contributed by atoms with E-state index < -0.39 is 17.4 Å². The number of carbonyl (C=O) groups is 2. The van der Waals surface area contributed by atoms with Crippen LogP contribution in [0.3, 0.4) is 0 Å². The molecular weight excluding hydrogens is 328 g/mol. The fourth-order valence-corrected chi connectivity index (χ4v) is 5.20. The highest BCUT2D eigenvalue weighted by molar-refractivity contribution is 6.01. The number of hydrogen-bond acceptors (Lipinski definition) is 4. The lowest BCUT2D eigenvalue weighted by atomic mass is 9.77. The van der Waals surface area contributed by atoms with Crippen molar-refractivity contribution in [2.24, 2.45) is 22.7 Å². The molecule has 2 fully saturated rings. The van der Waals surface area contributed by atoms with Crippen molar-refractivity contribution in [2.45, 2.75) is 64.7 Å². The summed E-state index contributed by atoms with van der Waals surface area (Å²) in [4.78, 5) is 24.9. The van der Waals surface area contributed by atoms with Crippen molar-refractivity contribution in [3.8, 4) is 11.8 Å². The Labute approximate surface area is 156 Å². The molecule has 0 saturated heterocycles. The minimum absolute atomic E-state index is 0.0400. The van der Waals surface area contributed by atoms with Crippen molar-refractivity contribution < 1.29 is 19.1 Å². The smallest absolute Gasteiger partial charge is 0.323 e. The molecule has 0 radical (unpaired) electrons. The predicted octanol–water partition coefficient (Wildman–Crippen LogP) is 4.04. The second kappa shape index (κ2) is 7.47. The van der Waals surface area contributed by atoms with Crippen molar-refractivity contribution in [3.63, 3.8) is 0 Å². The van der Waals surface area contributed by atoms with Gasteiger partial charge in [0.2, 0.25) is 0 Å². The van der Waals surface area contributed by atoms with Gasteiger partial charge in [0.1, 0.15) is 0 Å². The van der Waals surface area contributed by atoms with E-state index in [1.165, 1.54) is 32.6 Å². The third-order valence-corrected chi connectivity index (χ3v) is 6.55. The summed E-state index contributed by atoms with van der Waals surface area (Å²) in [7, 11) is 2.70. The number of carbonyl (C=O) groups excluding carboxylic acids is 2. The maximum atomic E-state index is 12.4. The molecule has 0 aromatic carbocycles. The second-order valence-corrected chi connectivity index (χ2v) is 8.07. The third kappa shape index (κ3) is 3.06. The molecule has 3 aliphatic carbocycles. The van der Waals surface area contributed by atoms with Crippen LogP contribution in [-0.2, 0) is 19.1 Å². The van der Waals surface area contributed by atoms with Crippen molar-refractivity contribution in [3.05, 3.63) is 11.6 Å². The molecule has 2 saturated carbocycles. The van der Waals surface area contributed by atoms with Crippen molar-refractivity contribution in [2.75, 3.05) is 14.2 Å². The largest absolute Gasteiger partial charge is 0.468 e. The Bertz CT molecular complexity index is 649. The maximum Gasteiger partial charge on any atom is 0.323 e. The van der Waals surface area contributed by atoms with Gasteiger partial charge in [-0.25, -0.2) is 0 Å². The SMILES string of the molecule is CCCCCC#C[C@@H]1CCC=C1[C@@]12C[C@@H]1CC(C(=O)OC)(C(=O)OC)C2. The van der Waals surface area contributed by atoms with E-state index in [0.29, 0.717) is 18.8 Å². The molecule has 3 atom stereocenters. The summed E-state index contributed by atoms with van der Waals surface area (Å²) in [5.74, 6) is 6.61. The number of methoxy groups -OCH3 is 2. The van der Waals surface area contributed by atoms with Gasteiger partial charge in [-0.15, -0.1) is 5.92 Å². The van der Waals surface area contributed by atoms with Gasteiger partial charge in [-0.1, -0.05) is 37.3 Å². The molecule has 0 amide bonds. The number of allylic oxidation sites excluding steroid dienone is 2. The number of ether oxygens (including phenoxy) is 2. The van der Waals surface area contributed by atoms with E-state index in [1.54, 1.807) is 0 Å². The molecule has 0 unspecified atom stereocenters. The zero-order chi connectivity index (χ0) is 18.8. The van der Waals surface area contributed by atoms with Crippen LogP contribution in [0.1, 0.15) is 64.7 Å². The van der Waals surface area contributed by atoms with E-state index >= 15 is 0 Å². The Balaban J connectivity index is 1.75. The average Bonchev–Trinajstić information content (AvgIpc) is 3.01. The standard InChI is InChI=1S/C22H30O4/c1-4-5-6-7-8-10-16-11-9-12-18(16)21-13-17(21)14-22(15-21,19(23)25-2)20(24)26-3/h12,16-17H,4-7,9,11,13-15H2,1-3H3/t16-,17-,21-/m1/s1. The Hall–Kier alpha value is -1.76. The summed E-state index contributed by atoms with van der Waals surface area (Å²) < 4.78 is 9.96. The summed E-state index contributed by atoms with van der Waals surface area (Å²) in [6.45, 7) is 2.20. The molecule has 0 heterocycles. The first-order valence-electron chi connectivity index (χ1n) is 9.90. The molecule has 0 N–H and O–H groups in total. The van der Waals surface area contributed by atoms with Crippen LogP contribution in [0.2, 0.25) is 0 Å². The molecule has 142 valence electrons. The third-order valence-electron chi connectivity index (χ3n) is 6.55. The van der Waals surface area contributed by atoms with Gasteiger partial charge in [-0.3, -0.25) is 9.59 Å². The molecule has 0 bridgehead atoms. The van der Waals surface area contributed by atoms with Crippen LogP contribution in [0.5, 0.6) is 0 Å². The number of hydrogen-bond donors (Lipinski definition) is 0. The highest BCUT2D eigenvalue weighted by atomic mass is 16.5. The quantitative estimate of drug-likeness (QED) is 0.236. The summed E-state index contributed by atoms with van der Waals surface area (Å²) in [5.41, 5.74) is 0.205. The molecule has 3 rings (SSSR count). The summed E-state index contributed by atoms with van der Waals surface area (Å²) in [6, 6.07) is 0. The normalized spacial score (nSPS) is 30.7. The van der Waals surface area contributed by atoms with Gasteiger partial charge in [0.25, 0.3) is 0 Å². The van der Waals surface area contributed by atoms with Gasteiger partial charge in [-0.2, -0.15) is 0 Å². The molecule has 0 aliphatic heterocycles. The van der Waals surface area contributed by atoms with E-state index in [0.717, 1.165) is 32.1 Å². The van der Waals surface area contributed by atoms with E-state index in [1.807, 2.05) is 0 Å². The fourth-order valence-electron chi connectivity index (χ4n) is 5.20. The zero-order valence-electron chi connectivity index (χ0n) is 16.2. The van der Waals surface area contributed by atoms with E-state index in [9.17, 15) is 9.59 Å². The van der Waals surface area contributed by atoms with Gasteiger partial charge in [0.05, 0.1) is 14.2 Å². The Morgan fingerprint density at radius 1 is 1.19 bits per heavy atom. The lowest BCUT2D eigenvalue weighted by molar-refractivity contribution is -0.169. The van der Waals surface area contributed by atoms with E-state index in [4.69, 9.17) is 9.47 Å². The lowest BCUT2D eigenvalue weighted by Crippen LogP contribution is -2.41. The monoisotopic (exact) mass is 358 g/mol. The van der Waals surface area contributed by atoms with Crippen LogP contribution >= 0.6 is 0 Å². The summed E-state index contributed by atoms with van der Waals surface area (Å²) >= 11 is 0. The molecule has 4 heteroatoms.